The summed E-state index contributed by atoms with van der Waals surface area (Å²) in [5, 5.41) is 3.23. The summed E-state index contributed by atoms with van der Waals surface area (Å²) in [5.74, 6) is -0.532. The predicted molar refractivity (Wildman–Crippen MR) is 170 cm³/mol. The van der Waals surface area contributed by atoms with Crippen LogP contribution in [0, 0.1) is 12.7 Å². The van der Waals surface area contributed by atoms with Crippen LogP contribution >= 0.6 is 0 Å². The van der Waals surface area contributed by atoms with Gasteiger partial charge in [-0.1, -0.05) is 23.8 Å². The third-order valence-corrected chi connectivity index (χ3v) is 10.1. The van der Waals surface area contributed by atoms with E-state index >= 15 is 0 Å². The lowest BCUT2D eigenvalue weighted by molar-refractivity contribution is 0.00578. The van der Waals surface area contributed by atoms with Crippen LogP contribution in [0.1, 0.15) is 73.5 Å². The number of furan rings is 1. The highest BCUT2D eigenvalue weighted by molar-refractivity contribution is 7.91. The Bertz CT molecular complexity index is 1860. The van der Waals surface area contributed by atoms with Crippen LogP contribution in [0.2, 0.25) is 0 Å². The van der Waals surface area contributed by atoms with E-state index in [1.807, 2.05) is 52.8 Å². The van der Waals surface area contributed by atoms with Crippen molar-refractivity contribution < 1.29 is 31.3 Å². The lowest BCUT2D eigenvalue weighted by atomic mass is 9.76. The fourth-order valence-corrected chi connectivity index (χ4v) is 6.82. The molecule has 2 N–H and O–H groups in total. The van der Waals surface area contributed by atoms with E-state index < -0.39 is 34.2 Å². The van der Waals surface area contributed by atoms with Gasteiger partial charge >= 0.3 is 7.12 Å². The van der Waals surface area contributed by atoms with Gasteiger partial charge in [0.2, 0.25) is 10.0 Å². The van der Waals surface area contributed by atoms with Crippen LogP contribution in [0.4, 0.5) is 10.1 Å². The summed E-state index contributed by atoms with van der Waals surface area (Å²) in [6, 6.07) is 14.7. The van der Waals surface area contributed by atoms with Crippen molar-refractivity contribution in [1.82, 2.24) is 5.32 Å². The monoisotopic (exact) mass is 618 g/mol. The summed E-state index contributed by atoms with van der Waals surface area (Å²) in [5.41, 5.74) is 3.85. The number of fused-ring (bicyclic) bond motifs is 1. The summed E-state index contributed by atoms with van der Waals surface area (Å²) in [6.45, 7) is 9.90. The molecule has 230 valence electrons. The molecular formula is C33H36BFN2O6S. The van der Waals surface area contributed by atoms with E-state index in [9.17, 15) is 17.6 Å². The van der Waals surface area contributed by atoms with E-state index in [1.165, 1.54) is 19.2 Å². The molecule has 1 aliphatic carbocycles. The zero-order valence-electron chi connectivity index (χ0n) is 25.7. The van der Waals surface area contributed by atoms with Crippen molar-refractivity contribution in [2.45, 2.75) is 70.3 Å². The molecule has 1 aliphatic heterocycles. The quantitative estimate of drug-likeness (QED) is 0.234. The number of benzene rings is 3. The highest BCUT2D eigenvalue weighted by Gasteiger charge is 2.52. The van der Waals surface area contributed by atoms with Gasteiger partial charge in [-0.05, 0) is 100 Å². The van der Waals surface area contributed by atoms with Gasteiger partial charge < -0.3 is 19.0 Å². The van der Waals surface area contributed by atoms with E-state index in [1.54, 1.807) is 24.3 Å². The van der Waals surface area contributed by atoms with Gasteiger partial charge in [0.25, 0.3) is 5.91 Å². The molecule has 2 aliphatic rings. The largest absolute Gasteiger partial charge is 0.495 e. The molecule has 8 nitrogen and oxygen atoms in total. The molecule has 3 aromatic carbocycles. The summed E-state index contributed by atoms with van der Waals surface area (Å²) >= 11 is 0. The van der Waals surface area contributed by atoms with Crippen LogP contribution in [0.5, 0.6) is 0 Å². The molecule has 2 heterocycles. The second-order valence-corrected chi connectivity index (χ2v) is 14.5. The average molecular weight is 619 g/mol. The molecule has 1 saturated carbocycles. The fraction of sp³-hybridized carbons (Fsp3) is 0.364. The van der Waals surface area contributed by atoms with E-state index in [0.717, 1.165) is 29.4 Å². The van der Waals surface area contributed by atoms with Crippen molar-refractivity contribution in [3.63, 3.8) is 0 Å². The lowest BCUT2D eigenvalue weighted by Crippen LogP contribution is -2.41. The van der Waals surface area contributed by atoms with Gasteiger partial charge in [-0.25, -0.2) is 12.8 Å². The molecular weight excluding hydrogens is 582 g/mol. The summed E-state index contributed by atoms with van der Waals surface area (Å²) in [6.07, 6.45) is 1.83. The molecule has 11 heteroatoms. The molecule has 2 fully saturated rings. The van der Waals surface area contributed by atoms with Crippen molar-refractivity contribution >= 4 is 45.2 Å². The maximum Gasteiger partial charge on any atom is 0.495 e. The van der Waals surface area contributed by atoms with Crippen molar-refractivity contribution in [2.24, 2.45) is 0 Å². The molecule has 1 aromatic heterocycles. The number of halogens is 1. The topological polar surface area (TPSA) is 107 Å². The average Bonchev–Trinajstić information content (AvgIpc) is 3.67. The number of rotatable bonds is 8. The molecule has 0 unspecified atom stereocenters. The van der Waals surface area contributed by atoms with Crippen LogP contribution in [-0.4, -0.2) is 39.7 Å². The van der Waals surface area contributed by atoms with Gasteiger partial charge in [-0.3, -0.25) is 9.52 Å². The van der Waals surface area contributed by atoms with Crippen molar-refractivity contribution in [1.29, 1.82) is 0 Å². The van der Waals surface area contributed by atoms with E-state index in [2.05, 4.69) is 10.0 Å². The maximum absolute atomic E-state index is 13.6. The fourth-order valence-electron chi connectivity index (χ4n) is 5.62. The SMILES string of the molecule is CNC(=O)c1c(-c2ccc(F)cc2)oc2cc(NS(=O)(=O)Cc3ccc(B4OC(C)(C)C(C)(C)O4)c(C)c3)c(C3CC3)cc12. The normalized spacial score (nSPS) is 17.7. The molecule has 0 radical (unpaired) electrons. The Morgan fingerprint density at radius 3 is 2.25 bits per heavy atom. The zero-order chi connectivity index (χ0) is 31.6. The Morgan fingerprint density at radius 2 is 1.66 bits per heavy atom. The third kappa shape index (κ3) is 5.64. The van der Waals surface area contributed by atoms with Crippen molar-refractivity contribution in [3.8, 4) is 11.3 Å². The second kappa shape index (κ2) is 10.7. The minimum absolute atomic E-state index is 0.167. The standard InChI is InChI=1S/C33H36BFN2O6S/c1-19-15-20(7-14-26(19)34-42-32(2,3)33(4,5)43-34)18-44(39,40)37-27-17-28-25(16-24(27)21-8-9-21)29(31(38)36-6)30(41-28)22-10-12-23(35)13-11-22/h7,10-17,21,37H,8-9,18H2,1-6H3,(H,36,38). The van der Waals surface area contributed by atoms with Gasteiger partial charge in [0.05, 0.1) is 28.2 Å². The molecule has 0 spiro atoms. The first kappa shape index (κ1) is 30.4. The smallest absolute Gasteiger partial charge is 0.455 e. The third-order valence-electron chi connectivity index (χ3n) is 8.90. The van der Waals surface area contributed by atoms with Crippen LogP contribution in [0.25, 0.3) is 22.3 Å². The number of aryl methyl sites for hydroxylation is 1. The minimum Gasteiger partial charge on any atom is -0.455 e. The maximum atomic E-state index is 13.6. The molecule has 0 bridgehead atoms. The minimum atomic E-state index is -3.83. The first-order valence-corrected chi connectivity index (χ1v) is 16.4. The first-order valence-electron chi connectivity index (χ1n) is 14.7. The van der Waals surface area contributed by atoms with Crippen molar-refractivity contribution in [2.75, 3.05) is 11.8 Å². The Labute approximate surface area is 257 Å². The van der Waals surface area contributed by atoms with Crippen LogP contribution in [0.15, 0.2) is 59.0 Å². The van der Waals surface area contributed by atoms with Gasteiger partial charge in [-0.2, -0.15) is 0 Å². The Kier molecular flexibility index (Phi) is 7.42. The molecule has 4 aromatic rings. The molecule has 1 amide bonds. The van der Waals surface area contributed by atoms with Gasteiger partial charge in [0.1, 0.15) is 17.2 Å². The zero-order valence-corrected chi connectivity index (χ0v) is 26.5. The van der Waals surface area contributed by atoms with Gasteiger partial charge in [0.15, 0.2) is 0 Å². The number of hydrogen-bond donors (Lipinski definition) is 2. The number of nitrogens with one attached hydrogen (secondary N) is 2. The number of carbonyl (C=O) groups excluding carboxylic acids is 1. The van der Waals surface area contributed by atoms with Crippen LogP contribution < -0.4 is 15.5 Å². The molecule has 6 rings (SSSR count). The lowest BCUT2D eigenvalue weighted by Gasteiger charge is -2.32. The van der Waals surface area contributed by atoms with E-state index in [-0.39, 0.29) is 17.6 Å². The number of anilines is 1. The van der Waals surface area contributed by atoms with Crippen LogP contribution in [-0.2, 0) is 25.1 Å². The summed E-state index contributed by atoms with van der Waals surface area (Å²) in [7, 11) is -2.83. The molecule has 1 saturated heterocycles. The predicted octanol–water partition coefficient (Wildman–Crippen LogP) is 6.03. The van der Waals surface area contributed by atoms with Crippen molar-refractivity contribution in [3.05, 3.63) is 82.7 Å². The molecule has 44 heavy (non-hydrogen) atoms. The number of carbonyl (C=O) groups is 1. The highest BCUT2D eigenvalue weighted by atomic mass is 32.2. The first-order chi connectivity index (χ1) is 20.7. The Morgan fingerprint density at radius 1 is 1.00 bits per heavy atom. The highest BCUT2D eigenvalue weighted by Crippen LogP contribution is 2.47. The van der Waals surface area contributed by atoms with E-state index in [4.69, 9.17) is 13.7 Å². The Hall–Kier alpha value is -3.67. The number of amides is 1. The molecule has 0 atom stereocenters. The summed E-state index contributed by atoms with van der Waals surface area (Å²) in [4.78, 5) is 13.0. The van der Waals surface area contributed by atoms with E-state index in [0.29, 0.717) is 39.1 Å². The number of sulfonamides is 1. The number of hydrogen-bond acceptors (Lipinski definition) is 6. The summed E-state index contributed by atoms with van der Waals surface area (Å²) < 4.78 is 62.0. The van der Waals surface area contributed by atoms with Gasteiger partial charge in [-0.15, -0.1) is 0 Å². The van der Waals surface area contributed by atoms with Gasteiger partial charge in [0, 0.05) is 24.1 Å². The Balaban J connectivity index is 1.31. The van der Waals surface area contributed by atoms with Crippen LogP contribution in [0.3, 0.4) is 0 Å². The second-order valence-electron chi connectivity index (χ2n) is 12.7.